The second kappa shape index (κ2) is 3.42. The normalized spacial score (nSPS) is 33.1. The van der Waals surface area contributed by atoms with Crippen molar-refractivity contribution in [1.29, 1.82) is 0 Å². The summed E-state index contributed by atoms with van der Waals surface area (Å²) in [6, 6.07) is 0.652. The monoisotopic (exact) mass is 224 g/mol. The molecule has 15 heavy (non-hydrogen) atoms. The van der Waals surface area contributed by atoms with Gasteiger partial charge in [-0.25, -0.2) is 4.98 Å². The fourth-order valence-corrected chi connectivity index (χ4v) is 3.06. The maximum Gasteiger partial charge on any atom is 0.202 e. The minimum atomic E-state index is 0.428. The molecule has 2 fully saturated rings. The third-order valence-electron chi connectivity index (χ3n) is 3.34. The highest BCUT2D eigenvalue weighted by Crippen LogP contribution is 2.43. The molecule has 2 unspecified atom stereocenters. The van der Waals surface area contributed by atoms with E-state index in [1.807, 2.05) is 0 Å². The Morgan fingerprint density at radius 1 is 1.40 bits per heavy atom. The molecule has 4 nitrogen and oxygen atoms in total. The second-order valence-electron chi connectivity index (χ2n) is 4.77. The van der Waals surface area contributed by atoms with Gasteiger partial charge in [0, 0.05) is 36.6 Å². The van der Waals surface area contributed by atoms with E-state index in [0.717, 1.165) is 35.9 Å². The lowest BCUT2D eigenvalue weighted by molar-refractivity contribution is 0.696. The van der Waals surface area contributed by atoms with E-state index in [4.69, 9.17) is 0 Å². The molecule has 5 heteroatoms. The minimum Gasteiger partial charge on any atom is -0.357 e. The molecule has 0 aromatic carbocycles. The molecule has 3 rings (SSSR count). The van der Waals surface area contributed by atoms with Crippen molar-refractivity contribution in [1.82, 2.24) is 14.7 Å². The molecule has 82 valence electrons. The van der Waals surface area contributed by atoms with Crippen molar-refractivity contribution in [3.05, 3.63) is 5.82 Å². The van der Waals surface area contributed by atoms with Gasteiger partial charge in [-0.05, 0) is 11.8 Å². The molecular formula is C10H16N4S. The number of anilines is 1. The number of aromatic nitrogens is 2. The van der Waals surface area contributed by atoms with Crippen LogP contribution in [0, 0.1) is 11.8 Å². The molecule has 1 saturated heterocycles. The average Bonchev–Trinajstić information content (AvgIpc) is 2.64. The molecular weight excluding hydrogens is 208 g/mol. The van der Waals surface area contributed by atoms with Crippen LogP contribution >= 0.6 is 11.5 Å². The van der Waals surface area contributed by atoms with Gasteiger partial charge in [0.25, 0.3) is 0 Å². The van der Waals surface area contributed by atoms with Crippen LogP contribution in [0.1, 0.15) is 25.6 Å². The fourth-order valence-electron chi connectivity index (χ4n) is 2.30. The second-order valence-corrected chi connectivity index (χ2v) is 5.52. The Bertz CT molecular complexity index is 352. The summed E-state index contributed by atoms with van der Waals surface area (Å²) in [5.74, 6) is 3.05. The third-order valence-corrected chi connectivity index (χ3v) is 4.00. The average molecular weight is 224 g/mol. The van der Waals surface area contributed by atoms with Crippen molar-refractivity contribution in [2.75, 3.05) is 18.4 Å². The first-order valence-corrected chi connectivity index (χ1v) is 6.34. The Kier molecular flexibility index (Phi) is 2.17. The van der Waals surface area contributed by atoms with Crippen molar-refractivity contribution in [2.24, 2.45) is 11.8 Å². The maximum absolute atomic E-state index is 4.49. The Morgan fingerprint density at radius 3 is 2.73 bits per heavy atom. The van der Waals surface area contributed by atoms with Gasteiger partial charge in [-0.1, -0.05) is 13.8 Å². The van der Waals surface area contributed by atoms with Crippen LogP contribution in [-0.4, -0.2) is 28.5 Å². The summed E-state index contributed by atoms with van der Waals surface area (Å²) < 4.78 is 4.34. The zero-order valence-electron chi connectivity index (χ0n) is 9.03. The number of hydrogen-bond donors (Lipinski definition) is 2. The number of hydrogen-bond acceptors (Lipinski definition) is 5. The van der Waals surface area contributed by atoms with E-state index in [1.54, 1.807) is 0 Å². The molecule has 0 radical (unpaired) electrons. The van der Waals surface area contributed by atoms with Crippen LogP contribution < -0.4 is 10.6 Å². The number of rotatable bonds is 3. The van der Waals surface area contributed by atoms with E-state index in [9.17, 15) is 0 Å². The fraction of sp³-hybridized carbons (Fsp3) is 0.800. The Morgan fingerprint density at radius 2 is 2.13 bits per heavy atom. The number of nitrogens with zero attached hydrogens (tertiary/aromatic N) is 2. The van der Waals surface area contributed by atoms with E-state index >= 15 is 0 Å². The van der Waals surface area contributed by atoms with Gasteiger partial charge in [0.15, 0.2) is 0 Å². The van der Waals surface area contributed by atoms with Crippen LogP contribution in [-0.2, 0) is 0 Å². The Hall–Kier alpha value is -0.680. The molecule has 2 N–H and O–H groups in total. The third kappa shape index (κ3) is 1.63. The largest absolute Gasteiger partial charge is 0.357 e. The lowest BCUT2D eigenvalue weighted by Crippen LogP contribution is -2.21. The van der Waals surface area contributed by atoms with Crippen molar-refractivity contribution in [3.63, 3.8) is 0 Å². The van der Waals surface area contributed by atoms with Crippen LogP contribution in [0.25, 0.3) is 0 Å². The van der Waals surface area contributed by atoms with Crippen molar-refractivity contribution < 1.29 is 0 Å². The Labute approximate surface area is 93.7 Å². The molecule has 0 spiro atoms. The number of piperidine rings is 1. The lowest BCUT2D eigenvalue weighted by Gasteiger charge is -2.04. The highest BCUT2D eigenvalue weighted by molar-refractivity contribution is 7.09. The summed E-state index contributed by atoms with van der Waals surface area (Å²) in [4.78, 5) is 4.49. The summed E-state index contributed by atoms with van der Waals surface area (Å²) in [5, 5.41) is 7.88. The highest BCUT2D eigenvalue weighted by Gasteiger charge is 2.53. The summed E-state index contributed by atoms with van der Waals surface area (Å²) >= 11 is 1.49. The first kappa shape index (κ1) is 9.54. The summed E-state index contributed by atoms with van der Waals surface area (Å²) in [7, 11) is 0. The quantitative estimate of drug-likeness (QED) is 0.812. The predicted octanol–water partition coefficient (Wildman–Crippen LogP) is 1.29. The van der Waals surface area contributed by atoms with Gasteiger partial charge in [0.1, 0.15) is 5.82 Å². The first-order valence-electron chi connectivity index (χ1n) is 5.56. The summed E-state index contributed by atoms with van der Waals surface area (Å²) in [6.45, 7) is 6.58. The van der Waals surface area contributed by atoms with Gasteiger partial charge in [0.2, 0.25) is 5.13 Å². The first-order chi connectivity index (χ1) is 7.25. The van der Waals surface area contributed by atoms with Gasteiger partial charge in [-0.2, -0.15) is 4.37 Å². The molecule has 0 amide bonds. The van der Waals surface area contributed by atoms with Gasteiger partial charge in [-0.15, -0.1) is 0 Å². The zero-order chi connectivity index (χ0) is 10.4. The molecule has 2 heterocycles. The molecule has 2 aliphatic rings. The zero-order valence-corrected chi connectivity index (χ0v) is 9.84. The van der Waals surface area contributed by atoms with E-state index in [0.29, 0.717) is 12.0 Å². The molecule has 2 atom stereocenters. The SMILES string of the molecule is CC(C)c1nsc(NC2C3CNCC32)n1. The smallest absolute Gasteiger partial charge is 0.202 e. The molecule has 1 aromatic heterocycles. The summed E-state index contributed by atoms with van der Waals surface area (Å²) in [6.07, 6.45) is 0. The molecule has 1 saturated carbocycles. The summed E-state index contributed by atoms with van der Waals surface area (Å²) in [5.41, 5.74) is 0. The van der Waals surface area contributed by atoms with Gasteiger partial charge < -0.3 is 10.6 Å². The van der Waals surface area contributed by atoms with Crippen LogP contribution in [0.15, 0.2) is 0 Å². The van der Waals surface area contributed by atoms with Crippen LogP contribution in [0.3, 0.4) is 0 Å². The topological polar surface area (TPSA) is 49.8 Å². The maximum atomic E-state index is 4.49. The number of nitrogens with one attached hydrogen (secondary N) is 2. The molecule has 1 aromatic rings. The van der Waals surface area contributed by atoms with Crippen molar-refractivity contribution >= 4 is 16.7 Å². The predicted molar refractivity (Wildman–Crippen MR) is 61.3 cm³/mol. The van der Waals surface area contributed by atoms with E-state index in [-0.39, 0.29) is 0 Å². The van der Waals surface area contributed by atoms with Gasteiger partial charge in [0.05, 0.1) is 0 Å². The van der Waals surface area contributed by atoms with Crippen LogP contribution in [0.2, 0.25) is 0 Å². The Balaban J connectivity index is 1.63. The highest BCUT2D eigenvalue weighted by atomic mass is 32.1. The number of fused-ring (bicyclic) bond motifs is 1. The van der Waals surface area contributed by atoms with E-state index in [1.165, 1.54) is 11.5 Å². The van der Waals surface area contributed by atoms with E-state index in [2.05, 4.69) is 33.8 Å². The van der Waals surface area contributed by atoms with Gasteiger partial charge in [-0.3, -0.25) is 0 Å². The standard InChI is InChI=1S/C10H16N4S/c1-5(2)9-13-10(15-14-9)12-8-6-3-11-4-7(6)8/h5-8,11H,3-4H2,1-2H3,(H,12,13,14). The van der Waals surface area contributed by atoms with E-state index < -0.39 is 0 Å². The molecule has 0 bridgehead atoms. The van der Waals surface area contributed by atoms with Gasteiger partial charge >= 0.3 is 0 Å². The minimum absolute atomic E-state index is 0.428. The molecule has 1 aliphatic heterocycles. The van der Waals surface area contributed by atoms with Crippen molar-refractivity contribution in [3.8, 4) is 0 Å². The van der Waals surface area contributed by atoms with Crippen LogP contribution in [0.5, 0.6) is 0 Å². The van der Waals surface area contributed by atoms with Crippen LogP contribution in [0.4, 0.5) is 5.13 Å². The lowest BCUT2D eigenvalue weighted by atomic mass is 10.2. The van der Waals surface area contributed by atoms with Crippen molar-refractivity contribution in [2.45, 2.75) is 25.8 Å². The molecule has 1 aliphatic carbocycles.